The van der Waals surface area contributed by atoms with Gasteiger partial charge in [-0.3, -0.25) is 4.79 Å². The molecule has 6 aromatic rings. The van der Waals surface area contributed by atoms with Crippen LogP contribution in [-0.2, 0) is 4.79 Å². The lowest BCUT2D eigenvalue weighted by atomic mass is 10.1. The first-order valence-corrected chi connectivity index (χ1v) is 12.2. The number of amides is 1. The summed E-state index contributed by atoms with van der Waals surface area (Å²) in [6.45, 7) is 0. The maximum atomic E-state index is 12.5. The van der Waals surface area contributed by atoms with Gasteiger partial charge in [0.2, 0.25) is 5.91 Å². The lowest BCUT2D eigenvalue weighted by Gasteiger charge is -2.04. The molecule has 0 spiro atoms. The zero-order chi connectivity index (χ0) is 25.4. The molecule has 37 heavy (non-hydrogen) atoms. The van der Waals surface area contributed by atoms with Crippen molar-refractivity contribution in [1.29, 1.82) is 0 Å². The largest absolute Gasteiger partial charge is 0.457 e. The van der Waals surface area contributed by atoms with Crippen molar-refractivity contribution in [2.24, 2.45) is 0 Å². The Morgan fingerprint density at radius 2 is 1.62 bits per heavy atom. The summed E-state index contributed by atoms with van der Waals surface area (Å²) in [5.74, 6) is 0.823. The molecule has 2 aromatic heterocycles. The molecule has 4 aromatic carbocycles. The second-order valence-corrected chi connectivity index (χ2v) is 9.25. The van der Waals surface area contributed by atoms with E-state index in [1.165, 1.54) is 6.08 Å². The molecular weight excluding hydrogens is 507 g/mol. The van der Waals surface area contributed by atoms with E-state index in [2.05, 4.69) is 27.6 Å². The minimum absolute atomic E-state index is 0.301. The van der Waals surface area contributed by atoms with Crippen LogP contribution >= 0.6 is 23.2 Å². The molecule has 1 N–H and O–H groups in total. The SMILES string of the molecule is O=C(/C=C/c1ccc(-c2cc(Cl)cc(Cl)c2)o1)Nc1ccc2nn(-c3cccc4ccccc34)nc2c1. The van der Waals surface area contributed by atoms with E-state index in [9.17, 15) is 4.79 Å². The minimum atomic E-state index is -0.301. The molecule has 0 atom stereocenters. The smallest absolute Gasteiger partial charge is 0.248 e. The fraction of sp³-hybridized carbons (Fsp3) is 0. The average molecular weight is 525 g/mol. The van der Waals surface area contributed by atoms with Crippen molar-refractivity contribution in [3.63, 3.8) is 0 Å². The molecule has 2 heterocycles. The van der Waals surface area contributed by atoms with Crippen molar-refractivity contribution in [2.45, 2.75) is 0 Å². The van der Waals surface area contributed by atoms with Crippen LogP contribution in [0.4, 0.5) is 5.69 Å². The molecule has 6 nitrogen and oxygen atoms in total. The lowest BCUT2D eigenvalue weighted by molar-refractivity contribution is -0.111. The number of hydrogen-bond acceptors (Lipinski definition) is 4. The van der Waals surface area contributed by atoms with Crippen molar-refractivity contribution in [2.75, 3.05) is 5.32 Å². The van der Waals surface area contributed by atoms with E-state index in [-0.39, 0.29) is 5.91 Å². The molecule has 0 fully saturated rings. The van der Waals surface area contributed by atoms with Gasteiger partial charge in [-0.25, -0.2) is 0 Å². The predicted molar refractivity (Wildman–Crippen MR) is 148 cm³/mol. The van der Waals surface area contributed by atoms with Crippen LogP contribution in [0.25, 0.3) is 44.9 Å². The summed E-state index contributed by atoms with van der Waals surface area (Å²) in [5.41, 5.74) is 3.66. The molecule has 0 saturated heterocycles. The van der Waals surface area contributed by atoms with Gasteiger partial charge in [-0.05, 0) is 66.1 Å². The normalized spacial score (nSPS) is 11.5. The lowest BCUT2D eigenvalue weighted by Crippen LogP contribution is -2.07. The van der Waals surface area contributed by atoms with Crippen molar-refractivity contribution in [3.8, 4) is 17.0 Å². The van der Waals surface area contributed by atoms with Gasteiger partial charge < -0.3 is 9.73 Å². The van der Waals surface area contributed by atoms with E-state index in [4.69, 9.17) is 27.6 Å². The monoisotopic (exact) mass is 524 g/mol. The van der Waals surface area contributed by atoms with E-state index >= 15 is 0 Å². The number of furan rings is 1. The van der Waals surface area contributed by atoms with E-state index in [1.54, 1.807) is 53.3 Å². The van der Waals surface area contributed by atoms with Crippen molar-refractivity contribution in [3.05, 3.63) is 113 Å². The number of hydrogen-bond donors (Lipinski definition) is 1. The molecule has 0 saturated carbocycles. The Bertz CT molecular complexity index is 1790. The fourth-order valence-electron chi connectivity index (χ4n) is 4.12. The number of anilines is 1. The van der Waals surface area contributed by atoms with Gasteiger partial charge in [-0.2, -0.15) is 0 Å². The summed E-state index contributed by atoms with van der Waals surface area (Å²) >= 11 is 12.2. The van der Waals surface area contributed by atoms with Gasteiger partial charge in [-0.1, -0.05) is 59.6 Å². The molecule has 8 heteroatoms. The van der Waals surface area contributed by atoms with Crippen LogP contribution in [0.1, 0.15) is 5.76 Å². The first-order valence-electron chi connectivity index (χ1n) is 11.4. The third kappa shape index (κ3) is 4.85. The minimum Gasteiger partial charge on any atom is -0.457 e. The summed E-state index contributed by atoms with van der Waals surface area (Å²) in [5, 5.41) is 15.3. The Balaban J connectivity index is 1.19. The first-order chi connectivity index (χ1) is 18.0. The third-order valence-electron chi connectivity index (χ3n) is 5.80. The highest BCUT2D eigenvalue weighted by Gasteiger charge is 2.10. The molecule has 180 valence electrons. The third-order valence-corrected chi connectivity index (χ3v) is 6.24. The molecule has 6 rings (SSSR count). The van der Waals surface area contributed by atoms with Crippen molar-refractivity contribution >= 4 is 62.7 Å². The number of fused-ring (bicyclic) bond motifs is 2. The highest BCUT2D eigenvalue weighted by atomic mass is 35.5. The Hall–Kier alpha value is -4.39. The van der Waals surface area contributed by atoms with Crippen LogP contribution < -0.4 is 5.32 Å². The Morgan fingerprint density at radius 1 is 0.838 bits per heavy atom. The predicted octanol–water partition coefficient (Wildman–Crippen LogP) is 7.79. The van der Waals surface area contributed by atoms with Crippen molar-refractivity contribution in [1.82, 2.24) is 15.0 Å². The van der Waals surface area contributed by atoms with Crippen LogP contribution in [-0.4, -0.2) is 20.9 Å². The Labute approximate surface area is 221 Å². The van der Waals surface area contributed by atoms with Crippen LogP contribution in [0.15, 0.2) is 101 Å². The molecule has 0 aliphatic carbocycles. The molecule has 0 unspecified atom stereocenters. The van der Waals surface area contributed by atoms with Crippen LogP contribution in [0.3, 0.4) is 0 Å². The standard InChI is InChI=1S/C29H18Cl2N4O2/c30-20-14-19(15-21(31)16-20)28-12-9-23(37-28)10-13-29(36)32-22-8-11-25-26(17-22)34-35(33-25)27-7-3-5-18-4-1-2-6-24(18)27/h1-17H,(H,32,36)/b13-10+. The fourth-order valence-corrected chi connectivity index (χ4v) is 4.64. The quantitative estimate of drug-likeness (QED) is 0.233. The zero-order valence-corrected chi connectivity index (χ0v) is 20.7. The maximum absolute atomic E-state index is 12.5. The van der Waals surface area contributed by atoms with Gasteiger partial charge in [0.15, 0.2) is 0 Å². The topological polar surface area (TPSA) is 73.0 Å². The summed E-state index contributed by atoms with van der Waals surface area (Å²) in [6, 6.07) is 28.3. The van der Waals surface area contributed by atoms with Gasteiger partial charge in [0.25, 0.3) is 0 Å². The van der Waals surface area contributed by atoms with Crippen LogP contribution in [0.5, 0.6) is 0 Å². The summed E-state index contributed by atoms with van der Waals surface area (Å²) in [7, 11) is 0. The molecule has 0 aliphatic heterocycles. The van der Waals surface area contributed by atoms with Gasteiger partial charge in [-0.15, -0.1) is 15.0 Å². The Morgan fingerprint density at radius 3 is 2.49 bits per heavy atom. The van der Waals surface area contributed by atoms with Crippen LogP contribution in [0, 0.1) is 0 Å². The molecule has 0 bridgehead atoms. The number of halogens is 2. The van der Waals surface area contributed by atoms with Crippen LogP contribution in [0.2, 0.25) is 10.0 Å². The van der Waals surface area contributed by atoms with E-state index in [1.807, 2.05) is 36.4 Å². The Kier molecular flexibility index (Phi) is 5.96. The molecule has 0 aliphatic rings. The van der Waals surface area contributed by atoms with E-state index in [0.717, 1.165) is 27.5 Å². The summed E-state index contributed by atoms with van der Waals surface area (Å²) in [4.78, 5) is 14.2. The first kappa shape index (κ1) is 23.0. The van der Waals surface area contributed by atoms with Gasteiger partial charge in [0.1, 0.15) is 22.6 Å². The maximum Gasteiger partial charge on any atom is 0.248 e. The zero-order valence-electron chi connectivity index (χ0n) is 19.2. The number of aromatic nitrogens is 3. The van der Waals surface area contributed by atoms with Gasteiger partial charge in [0.05, 0.1) is 5.69 Å². The second kappa shape index (κ2) is 9.58. The number of nitrogens with zero attached hydrogens (tertiary/aromatic N) is 3. The molecule has 0 radical (unpaired) electrons. The number of carbonyl (C=O) groups excluding carboxylic acids is 1. The number of nitrogens with one attached hydrogen (secondary N) is 1. The van der Waals surface area contributed by atoms with Crippen molar-refractivity contribution < 1.29 is 9.21 Å². The second-order valence-electron chi connectivity index (χ2n) is 8.37. The van der Waals surface area contributed by atoms with E-state index in [0.29, 0.717) is 32.8 Å². The molecular formula is C29H18Cl2N4O2. The summed E-state index contributed by atoms with van der Waals surface area (Å²) < 4.78 is 5.81. The highest BCUT2D eigenvalue weighted by Crippen LogP contribution is 2.29. The summed E-state index contributed by atoms with van der Waals surface area (Å²) in [6.07, 6.45) is 3.00. The average Bonchev–Trinajstić information content (AvgIpc) is 3.54. The number of benzene rings is 4. The van der Waals surface area contributed by atoms with Gasteiger partial charge in [0, 0.05) is 32.8 Å². The highest BCUT2D eigenvalue weighted by molar-refractivity contribution is 6.35. The number of rotatable bonds is 5. The van der Waals surface area contributed by atoms with E-state index < -0.39 is 0 Å². The van der Waals surface area contributed by atoms with Gasteiger partial charge >= 0.3 is 0 Å². The molecule has 1 amide bonds. The number of carbonyl (C=O) groups is 1.